The summed E-state index contributed by atoms with van der Waals surface area (Å²) in [7, 11) is 0. The third-order valence-corrected chi connectivity index (χ3v) is 4.57. The molecule has 0 aromatic carbocycles. The van der Waals surface area contributed by atoms with Crippen LogP contribution in [0.2, 0.25) is 5.02 Å². The fourth-order valence-electron chi connectivity index (χ4n) is 3.21. The number of halogens is 1. The number of ether oxygens (including phenoxy) is 1. The van der Waals surface area contributed by atoms with Crippen molar-refractivity contribution in [3.05, 3.63) is 22.8 Å². The Labute approximate surface area is 125 Å². The van der Waals surface area contributed by atoms with Crippen molar-refractivity contribution in [2.45, 2.75) is 44.9 Å². The molecule has 1 aliphatic heterocycles. The first-order valence-electron chi connectivity index (χ1n) is 7.54. The van der Waals surface area contributed by atoms with E-state index in [1.54, 1.807) is 0 Å². The van der Waals surface area contributed by atoms with Gasteiger partial charge in [0.15, 0.2) is 0 Å². The van der Waals surface area contributed by atoms with Gasteiger partial charge in [-0.3, -0.25) is 0 Å². The van der Waals surface area contributed by atoms with E-state index in [1.807, 2.05) is 12.1 Å². The molecule has 0 radical (unpaired) electrons. The van der Waals surface area contributed by atoms with Gasteiger partial charge in [0, 0.05) is 13.1 Å². The van der Waals surface area contributed by atoms with Gasteiger partial charge in [0.25, 0.3) is 0 Å². The standard InChI is InChI=1S/C15H22ClN3O/c1-2-17-10-12-11(16)6-7-15(18-12)19-8-9-20-14-5-3-4-13(14)19/h6-7,13-14,17H,2-5,8-10H2,1H3. The van der Waals surface area contributed by atoms with Crippen LogP contribution in [0.1, 0.15) is 31.9 Å². The van der Waals surface area contributed by atoms with Crippen LogP contribution in [-0.4, -0.2) is 36.8 Å². The van der Waals surface area contributed by atoms with E-state index in [4.69, 9.17) is 21.3 Å². The Bertz CT molecular complexity index is 468. The quantitative estimate of drug-likeness (QED) is 0.926. The molecule has 20 heavy (non-hydrogen) atoms. The van der Waals surface area contributed by atoms with Gasteiger partial charge >= 0.3 is 0 Å². The van der Waals surface area contributed by atoms with Crippen molar-refractivity contribution in [1.29, 1.82) is 0 Å². The van der Waals surface area contributed by atoms with E-state index >= 15 is 0 Å². The van der Waals surface area contributed by atoms with Crippen molar-refractivity contribution in [2.75, 3.05) is 24.6 Å². The van der Waals surface area contributed by atoms with E-state index in [0.29, 0.717) is 12.1 Å². The molecule has 1 saturated heterocycles. The molecule has 2 atom stereocenters. The fourth-order valence-corrected chi connectivity index (χ4v) is 3.38. The number of fused-ring (bicyclic) bond motifs is 1. The summed E-state index contributed by atoms with van der Waals surface area (Å²) in [6.45, 7) is 5.46. The predicted octanol–water partition coefficient (Wildman–Crippen LogP) is 2.60. The third kappa shape index (κ3) is 2.78. The zero-order chi connectivity index (χ0) is 13.9. The van der Waals surface area contributed by atoms with Gasteiger partial charge in [-0.25, -0.2) is 4.98 Å². The summed E-state index contributed by atoms with van der Waals surface area (Å²) in [5, 5.41) is 4.03. The zero-order valence-electron chi connectivity index (χ0n) is 11.9. The molecule has 4 nitrogen and oxygen atoms in total. The van der Waals surface area contributed by atoms with Gasteiger partial charge in [-0.05, 0) is 37.9 Å². The van der Waals surface area contributed by atoms with Gasteiger partial charge in [0.05, 0.1) is 29.5 Å². The van der Waals surface area contributed by atoms with E-state index in [-0.39, 0.29) is 0 Å². The van der Waals surface area contributed by atoms with Crippen molar-refractivity contribution in [3.8, 4) is 0 Å². The number of aromatic nitrogens is 1. The average molecular weight is 296 g/mol. The minimum Gasteiger partial charge on any atom is -0.374 e. The molecular weight excluding hydrogens is 274 g/mol. The first-order valence-corrected chi connectivity index (χ1v) is 7.91. The number of hydrogen-bond donors (Lipinski definition) is 1. The van der Waals surface area contributed by atoms with Crippen LogP contribution in [0.15, 0.2) is 12.1 Å². The van der Waals surface area contributed by atoms with E-state index in [9.17, 15) is 0 Å². The summed E-state index contributed by atoms with van der Waals surface area (Å²) < 4.78 is 5.86. The van der Waals surface area contributed by atoms with Crippen molar-refractivity contribution in [3.63, 3.8) is 0 Å². The fraction of sp³-hybridized carbons (Fsp3) is 0.667. The summed E-state index contributed by atoms with van der Waals surface area (Å²) in [6.07, 6.45) is 4.03. The lowest BCUT2D eigenvalue weighted by atomic mass is 10.1. The second-order valence-corrected chi connectivity index (χ2v) is 5.89. The van der Waals surface area contributed by atoms with Crippen LogP contribution < -0.4 is 10.2 Å². The van der Waals surface area contributed by atoms with E-state index in [0.717, 1.165) is 42.8 Å². The first-order chi connectivity index (χ1) is 9.79. The van der Waals surface area contributed by atoms with Gasteiger partial charge in [0.1, 0.15) is 5.82 Å². The number of hydrogen-bond acceptors (Lipinski definition) is 4. The van der Waals surface area contributed by atoms with Crippen LogP contribution in [0, 0.1) is 0 Å². The van der Waals surface area contributed by atoms with Gasteiger partial charge in [-0.15, -0.1) is 0 Å². The molecule has 2 unspecified atom stereocenters. The smallest absolute Gasteiger partial charge is 0.129 e. The average Bonchev–Trinajstić information content (AvgIpc) is 2.95. The van der Waals surface area contributed by atoms with Crippen LogP contribution in [0.5, 0.6) is 0 Å². The second-order valence-electron chi connectivity index (χ2n) is 5.48. The molecule has 2 fully saturated rings. The lowest BCUT2D eigenvalue weighted by Crippen LogP contribution is -2.49. The number of nitrogens with one attached hydrogen (secondary N) is 1. The minimum atomic E-state index is 0.387. The Balaban J connectivity index is 1.81. The SMILES string of the molecule is CCNCc1nc(N2CCOC3CCCC32)ccc1Cl. The highest BCUT2D eigenvalue weighted by Gasteiger charge is 2.36. The molecule has 0 spiro atoms. The molecule has 2 heterocycles. The molecule has 1 saturated carbocycles. The first kappa shape index (κ1) is 14.1. The molecule has 1 aromatic rings. The van der Waals surface area contributed by atoms with Crippen molar-refractivity contribution < 1.29 is 4.74 Å². The molecule has 0 bridgehead atoms. The zero-order valence-corrected chi connectivity index (χ0v) is 12.7. The maximum Gasteiger partial charge on any atom is 0.129 e. The van der Waals surface area contributed by atoms with Crippen LogP contribution in [0.4, 0.5) is 5.82 Å². The minimum absolute atomic E-state index is 0.387. The molecule has 5 heteroatoms. The largest absolute Gasteiger partial charge is 0.374 e. The van der Waals surface area contributed by atoms with Crippen molar-refractivity contribution in [2.24, 2.45) is 0 Å². The van der Waals surface area contributed by atoms with Gasteiger partial charge in [-0.2, -0.15) is 0 Å². The van der Waals surface area contributed by atoms with Crippen molar-refractivity contribution in [1.82, 2.24) is 10.3 Å². The topological polar surface area (TPSA) is 37.4 Å². The Morgan fingerprint density at radius 1 is 1.45 bits per heavy atom. The summed E-state index contributed by atoms with van der Waals surface area (Å²) in [4.78, 5) is 7.18. The maximum atomic E-state index is 6.24. The third-order valence-electron chi connectivity index (χ3n) is 4.22. The molecular formula is C15H22ClN3O. The lowest BCUT2D eigenvalue weighted by molar-refractivity contribution is 0.0253. The highest BCUT2D eigenvalue weighted by atomic mass is 35.5. The van der Waals surface area contributed by atoms with Crippen molar-refractivity contribution >= 4 is 17.4 Å². The molecule has 110 valence electrons. The number of rotatable bonds is 4. The number of anilines is 1. The van der Waals surface area contributed by atoms with Crippen LogP contribution in [0.25, 0.3) is 0 Å². The van der Waals surface area contributed by atoms with Crippen LogP contribution in [-0.2, 0) is 11.3 Å². The Hall–Kier alpha value is -0.840. The summed E-state index contributed by atoms with van der Waals surface area (Å²) in [6, 6.07) is 4.50. The summed E-state index contributed by atoms with van der Waals surface area (Å²) in [5.41, 5.74) is 0.937. The number of morpholine rings is 1. The normalized spacial score (nSPS) is 25.8. The van der Waals surface area contributed by atoms with Gasteiger partial charge in [-0.1, -0.05) is 18.5 Å². The lowest BCUT2D eigenvalue weighted by Gasteiger charge is -2.38. The molecule has 3 rings (SSSR count). The summed E-state index contributed by atoms with van der Waals surface area (Å²) in [5.74, 6) is 1.04. The Kier molecular flexibility index (Phi) is 4.44. The van der Waals surface area contributed by atoms with Crippen LogP contribution >= 0.6 is 11.6 Å². The molecule has 0 amide bonds. The highest BCUT2D eigenvalue weighted by molar-refractivity contribution is 6.31. The Morgan fingerprint density at radius 2 is 2.35 bits per heavy atom. The van der Waals surface area contributed by atoms with Gasteiger partial charge in [0.2, 0.25) is 0 Å². The molecule has 2 aliphatic rings. The number of pyridine rings is 1. The Morgan fingerprint density at radius 3 is 3.20 bits per heavy atom. The second kappa shape index (κ2) is 6.29. The van der Waals surface area contributed by atoms with E-state index < -0.39 is 0 Å². The van der Waals surface area contributed by atoms with Crippen LogP contribution in [0.3, 0.4) is 0 Å². The van der Waals surface area contributed by atoms with E-state index in [2.05, 4.69) is 17.1 Å². The van der Waals surface area contributed by atoms with Gasteiger partial charge < -0.3 is 15.0 Å². The maximum absolute atomic E-state index is 6.24. The number of nitrogens with zero attached hydrogens (tertiary/aromatic N) is 2. The highest BCUT2D eigenvalue weighted by Crippen LogP contribution is 2.33. The monoisotopic (exact) mass is 295 g/mol. The summed E-state index contributed by atoms with van der Waals surface area (Å²) >= 11 is 6.24. The molecule has 1 N–H and O–H groups in total. The van der Waals surface area contributed by atoms with E-state index in [1.165, 1.54) is 19.3 Å². The predicted molar refractivity (Wildman–Crippen MR) is 81.4 cm³/mol. The molecule has 1 aliphatic carbocycles. The molecule has 1 aromatic heterocycles.